The maximum atomic E-state index is 12.5. The van der Waals surface area contributed by atoms with Gasteiger partial charge >= 0.3 is 0 Å². The quantitative estimate of drug-likeness (QED) is 0.574. The van der Waals surface area contributed by atoms with E-state index in [9.17, 15) is 8.42 Å². The van der Waals surface area contributed by atoms with Gasteiger partial charge in [0.2, 0.25) is 10.0 Å². The third-order valence-electron chi connectivity index (χ3n) is 4.84. The van der Waals surface area contributed by atoms with Crippen LogP contribution in [0.25, 0.3) is 11.2 Å². The van der Waals surface area contributed by atoms with Crippen LogP contribution in [0.3, 0.4) is 0 Å². The van der Waals surface area contributed by atoms with Gasteiger partial charge < -0.3 is 10.3 Å². The molecule has 1 aromatic carbocycles. The van der Waals surface area contributed by atoms with Crippen LogP contribution < -0.4 is 10.0 Å². The Balaban J connectivity index is 1.36. The van der Waals surface area contributed by atoms with Crippen molar-refractivity contribution in [1.82, 2.24) is 24.7 Å². The molecule has 2 aromatic heterocycles. The second-order valence-corrected chi connectivity index (χ2v) is 8.46. The van der Waals surface area contributed by atoms with Crippen LogP contribution in [0.4, 0.5) is 5.82 Å². The van der Waals surface area contributed by atoms with E-state index in [1.54, 1.807) is 18.5 Å². The second-order valence-electron chi connectivity index (χ2n) is 6.75. The van der Waals surface area contributed by atoms with E-state index in [0.717, 1.165) is 43.2 Å². The smallest absolute Gasteiger partial charge is 0.240 e. The number of rotatable bonds is 7. The molecule has 9 heteroatoms. The Labute approximate surface area is 157 Å². The lowest BCUT2D eigenvalue weighted by molar-refractivity contribution is 0.552. The minimum atomic E-state index is -3.44. The lowest BCUT2D eigenvalue weighted by Crippen LogP contribution is -2.32. The van der Waals surface area contributed by atoms with Gasteiger partial charge in [-0.25, -0.2) is 28.1 Å². The van der Waals surface area contributed by atoms with Crippen molar-refractivity contribution < 1.29 is 8.42 Å². The number of nitrogens with one attached hydrogen (secondary N) is 3. The maximum Gasteiger partial charge on any atom is 0.240 e. The number of aromatic nitrogens is 4. The van der Waals surface area contributed by atoms with Gasteiger partial charge in [-0.2, -0.15) is 0 Å². The van der Waals surface area contributed by atoms with Crippen LogP contribution >= 0.6 is 0 Å². The summed E-state index contributed by atoms with van der Waals surface area (Å²) in [7, 11) is -3.44. The third kappa shape index (κ3) is 4.09. The molecule has 142 valence electrons. The highest BCUT2D eigenvalue weighted by atomic mass is 32.2. The van der Waals surface area contributed by atoms with Crippen molar-refractivity contribution >= 4 is 27.0 Å². The zero-order valence-corrected chi connectivity index (χ0v) is 15.7. The Morgan fingerprint density at radius 1 is 1.07 bits per heavy atom. The Morgan fingerprint density at radius 3 is 2.63 bits per heavy atom. The van der Waals surface area contributed by atoms with E-state index in [1.165, 1.54) is 6.33 Å². The summed E-state index contributed by atoms with van der Waals surface area (Å²) in [4.78, 5) is 15.7. The summed E-state index contributed by atoms with van der Waals surface area (Å²) >= 11 is 0. The van der Waals surface area contributed by atoms with E-state index >= 15 is 0 Å². The molecule has 1 aliphatic carbocycles. The molecule has 2 heterocycles. The molecule has 3 N–H and O–H groups in total. The van der Waals surface area contributed by atoms with E-state index in [-0.39, 0.29) is 6.04 Å². The fraction of sp³-hybridized carbons (Fsp3) is 0.389. The number of anilines is 1. The first-order valence-corrected chi connectivity index (χ1v) is 10.6. The van der Waals surface area contributed by atoms with Crippen LogP contribution in [0, 0.1) is 0 Å². The lowest BCUT2D eigenvalue weighted by Gasteiger charge is -2.13. The topological polar surface area (TPSA) is 113 Å². The van der Waals surface area contributed by atoms with Crippen molar-refractivity contribution in [3.05, 3.63) is 42.5 Å². The zero-order chi connectivity index (χ0) is 18.7. The molecule has 0 saturated heterocycles. The first kappa shape index (κ1) is 17.9. The molecule has 0 radical (unpaired) electrons. The van der Waals surface area contributed by atoms with E-state index in [4.69, 9.17) is 0 Å². The van der Waals surface area contributed by atoms with Crippen molar-refractivity contribution in [2.24, 2.45) is 0 Å². The molecule has 1 aliphatic rings. The summed E-state index contributed by atoms with van der Waals surface area (Å²) in [6.07, 6.45) is 7.85. The predicted octanol–water partition coefficient (Wildman–Crippen LogP) is 2.23. The van der Waals surface area contributed by atoms with Crippen molar-refractivity contribution in [3.8, 4) is 0 Å². The molecule has 3 aromatic rings. The van der Waals surface area contributed by atoms with Gasteiger partial charge in [-0.15, -0.1) is 0 Å². The molecule has 4 rings (SSSR count). The zero-order valence-electron chi connectivity index (χ0n) is 14.9. The number of hydrogen-bond donors (Lipinski definition) is 3. The van der Waals surface area contributed by atoms with Crippen LogP contribution in [-0.4, -0.2) is 40.9 Å². The third-order valence-corrected chi connectivity index (χ3v) is 6.38. The van der Waals surface area contributed by atoms with Crippen LogP contribution in [0.5, 0.6) is 0 Å². The van der Waals surface area contributed by atoms with Gasteiger partial charge in [-0.05, 0) is 37.0 Å². The van der Waals surface area contributed by atoms with E-state index < -0.39 is 10.0 Å². The first-order valence-electron chi connectivity index (χ1n) is 9.11. The fourth-order valence-electron chi connectivity index (χ4n) is 3.39. The summed E-state index contributed by atoms with van der Waals surface area (Å²) in [5, 5.41) is 3.26. The molecular weight excluding hydrogens is 364 g/mol. The molecule has 0 aliphatic heterocycles. The minimum Gasteiger partial charge on any atom is -0.368 e. The predicted molar refractivity (Wildman–Crippen MR) is 103 cm³/mol. The molecule has 1 saturated carbocycles. The van der Waals surface area contributed by atoms with Crippen molar-refractivity contribution in [2.45, 2.75) is 43.0 Å². The number of benzene rings is 1. The Hall–Kier alpha value is -2.52. The molecule has 0 spiro atoms. The lowest BCUT2D eigenvalue weighted by atomic mass is 10.1. The van der Waals surface area contributed by atoms with Gasteiger partial charge in [0.15, 0.2) is 11.5 Å². The van der Waals surface area contributed by atoms with E-state index in [0.29, 0.717) is 22.9 Å². The fourth-order valence-corrected chi connectivity index (χ4v) is 4.70. The van der Waals surface area contributed by atoms with Gasteiger partial charge in [0, 0.05) is 12.6 Å². The number of H-pyrrole nitrogens is 1. The van der Waals surface area contributed by atoms with E-state index in [2.05, 4.69) is 30.0 Å². The molecule has 0 unspecified atom stereocenters. The maximum absolute atomic E-state index is 12.5. The van der Waals surface area contributed by atoms with Crippen molar-refractivity contribution in [3.63, 3.8) is 0 Å². The van der Waals surface area contributed by atoms with Crippen LogP contribution in [0.1, 0.15) is 31.2 Å². The second kappa shape index (κ2) is 7.61. The molecule has 0 amide bonds. The van der Waals surface area contributed by atoms with Crippen molar-refractivity contribution in [1.29, 1.82) is 0 Å². The SMILES string of the molecule is O=S(=O)(NC1CCCC1)c1ccc(CCNc2ncnc3nc[nH]c23)cc1. The van der Waals surface area contributed by atoms with Gasteiger partial charge in [0.1, 0.15) is 11.8 Å². The monoisotopic (exact) mass is 386 g/mol. The van der Waals surface area contributed by atoms with Crippen LogP contribution in [0.15, 0.2) is 41.8 Å². The van der Waals surface area contributed by atoms with Gasteiger partial charge in [0.25, 0.3) is 0 Å². The molecule has 8 nitrogen and oxygen atoms in total. The molecular formula is C18H22N6O2S. The van der Waals surface area contributed by atoms with Gasteiger partial charge in [-0.1, -0.05) is 25.0 Å². The summed E-state index contributed by atoms with van der Waals surface area (Å²) in [6, 6.07) is 7.13. The first-order chi connectivity index (χ1) is 13.1. The van der Waals surface area contributed by atoms with Crippen LogP contribution in [0.2, 0.25) is 0 Å². The Morgan fingerprint density at radius 2 is 1.85 bits per heavy atom. The van der Waals surface area contributed by atoms with Crippen LogP contribution in [-0.2, 0) is 16.4 Å². The molecule has 27 heavy (non-hydrogen) atoms. The minimum absolute atomic E-state index is 0.0751. The number of nitrogens with zero attached hydrogens (tertiary/aromatic N) is 3. The highest BCUT2D eigenvalue weighted by molar-refractivity contribution is 7.89. The summed E-state index contributed by atoms with van der Waals surface area (Å²) in [5.41, 5.74) is 2.45. The average molecular weight is 386 g/mol. The number of fused-ring (bicyclic) bond motifs is 1. The molecule has 1 fully saturated rings. The van der Waals surface area contributed by atoms with Gasteiger partial charge in [-0.3, -0.25) is 0 Å². The average Bonchev–Trinajstić information content (AvgIpc) is 3.34. The number of sulfonamides is 1. The summed E-state index contributed by atoms with van der Waals surface area (Å²) < 4.78 is 27.7. The number of aromatic amines is 1. The van der Waals surface area contributed by atoms with Crippen molar-refractivity contribution in [2.75, 3.05) is 11.9 Å². The molecule has 0 bridgehead atoms. The van der Waals surface area contributed by atoms with E-state index in [1.807, 2.05) is 12.1 Å². The standard InChI is InChI=1S/C18H22N6O2S/c25-27(26,24-14-3-1-2-4-14)15-7-5-13(6-8-15)9-10-19-17-16-18(21-11-20-16)23-12-22-17/h5-8,11-12,14,24H,1-4,9-10H2,(H2,19,20,21,22,23). The highest BCUT2D eigenvalue weighted by Crippen LogP contribution is 2.21. The Bertz CT molecular complexity index is 1010. The number of imidazole rings is 1. The summed E-state index contributed by atoms with van der Waals surface area (Å²) in [5.74, 6) is 0.706. The highest BCUT2D eigenvalue weighted by Gasteiger charge is 2.22. The normalized spacial score (nSPS) is 15.4. The number of hydrogen-bond acceptors (Lipinski definition) is 6. The molecule has 0 atom stereocenters. The Kier molecular flexibility index (Phi) is 5.04. The largest absolute Gasteiger partial charge is 0.368 e. The summed E-state index contributed by atoms with van der Waals surface area (Å²) in [6.45, 7) is 0.664. The van der Waals surface area contributed by atoms with Gasteiger partial charge in [0.05, 0.1) is 11.2 Å².